The van der Waals surface area contributed by atoms with E-state index in [4.69, 9.17) is 0 Å². The summed E-state index contributed by atoms with van der Waals surface area (Å²) in [5, 5.41) is 0.839. The Bertz CT molecular complexity index is 278. The highest BCUT2D eigenvalue weighted by molar-refractivity contribution is 7.98. The molecule has 88 valence electrons. The summed E-state index contributed by atoms with van der Waals surface area (Å²) in [5.41, 5.74) is 1.38. The lowest BCUT2D eigenvalue weighted by atomic mass is 10.2. The first-order valence-electron chi connectivity index (χ1n) is 6.37. The topological polar surface area (TPSA) is 12.0 Å². The first-order chi connectivity index (χ1) is 7.95. The van der Waals surface area contributed by atoms with Crippen LogP contribution in [0.15, 0.2) is 30.3 Å². The maximum absolute atomic E-state index is 3.52. The molecule has 0 radical (unpaired) electrons. The van der Waals surface area contributed by atoms with E-state index in [0.717, 1.165) is 11.8 Å². The molecule has 2 heteroatoms. The lowest BCUT2D eigenvalue weighted by Crippen LogP contribution is -2.11. The Morgan fingerprint density at radius 3 is 2.38 bits per heavy atom. The van der Waals surface area contributed by atoms with Crippen LogP contribution in [0.5, 0.6) is 0 Å². The molecule has 0 aliphatic heterocycles. The van der Waals surface area contributed by atoms with E-state index in [2.05, 4.69) is 35.1 Å². The molecular formula is C14H21NS. The number of nitrogens with one attached hydrogen (secondary N) is 1. The van der Waals surface area contributed by atoms with Gasteiger partial charge in [-0.3, -0.25) is 4.72 Å². The minimum atomic E-state index is 0.839. The number of benzene rings is 1. The number of hydrogen-bond acceptors (Lipinski definition) is 2. The lowest BCUT2D eigenvalue weighted by molar-refractivity contribution is 0.702. The Labute approximate surface area is 103 Å². The minimum absolute atomic E-state index is 0.839. The third-order valence-electron chi connectivity index (χ3n) is 3.17. The van der Waals surface area contributed by atoms with Crippen molar-refractivity contribution in [3.63, 3.8) is 0 Å². The summed E-state index contributed by atoms with van der Waals surface area (Å²) < 4.78 is 3.52. The van der Waals surface area contributed by atoms with Crippen molar-refractivity contribution in [1.29, 1.82) is 0 Å². The molecule has 16 heavy (non-hydrogen) atoms. The van der Waals surface area contributed by atoms with Crippen LogP contribution in [0.1, 0.15) is 44.1 Å². The van der Waals surface area contributed by atoms with Crippen LogP contribution in [0.3, 0.4) is 0 Å². The van der Waals surface area contributed by atoms with Gasteiger partial charge in [-0.15, -0.1) is 0 Å². The first-order valence-corrected chi connectivity index (χ1v) is 7.25. The predicted molar refractivity (Wildman–Crippen MR) is 72.4 cm³/mol. The summed E-state index contributed by atoms with van der Waals surface area (Å²) in [6.07, 6.45) is 8.51. The summed E-state index contributed by atoms with van der Waals surface area (Å²) >= 11 is 1.96. The molecule has 1 aromatic rings. The molecule has 0 spiro atoms. The van der Waals surface area contributed by atoms with Gasteiger partial charge >= 0.3 is 0 Å². The highest BCUT2D eigenvalue weighted by Crippen LogP contribution is 2.25. The van der Waals surface area contributed by atoms with Gasteiger partial charge in [0.2, 0.25) is 0 Å². The van der Waals surface area contributed by atoms with E-state index in [1.165, 1.54) is 44.1 Å². The molecule has 1 aliphatic rings. The SMILES string of the molecule is c1ccc(CNSC2CCCCCC2)cc1. The summed E-state index contributed by atoms with van der Waals surface area (Å²) in [6, 6.07) is 10.6. The largest absolute Gasteiger partial charge is 0.259 e. The van der Waals surface area contributed by atoms with Gasteiger partial charge in [0.25, 0.3) is 0 Å². The summed E-state index contributed by atoms with van der Waals surface area (Å²) in [6.45, 7) is 0.988. The fraction of sp³-hybridized carbons (Fsp3) is 0.571. The molecule has 2 rings (SSSR count). The van der Waals surface area contributed by atoms with Crippen molar-refractivity contribution in [2.75, 3.05) is 0 Å². The Balaban J connectivity index is 1.67. The van der Waals surface area contributed by atoms with Gasteiger partial charge < -0.3 is 0 Å². The summed E-state index contributed by atoms with van der Waals surface area (Å²) in [5.74, 6) is 0. The monoisotopic (exact) mass is 235 g/mol. The number of hydrogen-bond donors (Lipinski definition) is 1. The van der Waals surface area contributed by atoms with Crippen LogP contribution in [0, 0.1) is 0 Å². The zero-order chi connectivity index (χ0) is 11.1. The fourth-order valence-corrected chi connectivity index (χ4v) is 3.25. The van der Waals surface area contributed by atoms with Crippen LogP contribution in [-0.4, -0.2) is 5.25 Å². The Kier molecular flexibility index (Phi) is 5.23. The van der Waals surface area contributed by atoms with Crippen molar-refractivity contribution >= 4 is 11.9 Å². The van der Waals surface area contributed by atoms with Crippen LogP contribution < -0.4 is 4.72 Å². The minimum Gasteiger partial charge on any atom is -0.259 e. The van der Waals surface area contributed by atoms with Gasteiger partial charge in [0, 0.05) is 11.8 Å². The third-order valence-corrected chi connectivity index (χ3v) is 4.29. The van der Waals surface area contributed by atoms with Gasteiger partial charge in [0.15, 0.2) is 0 Å². The van der Waals surface area contributed by atoms with E-state index in [-0.39, 0.29) is 0 Å². The molecule has 0 atom stereocenters. The van der Waals surface area contributed by atoms with Crippen molar-refractivity contribution in [1.82, 2.24) is 4.72 Å². The van der Waals surface area contributed by atoms with Crippen LogP contribution in [0.25, 0.3) is 0 Å². The van der Waals surface area contributed by atoms with Gasteiger partial charge in [-0.1, -0.05) is 68.0 Å². The van der Waals surface area contributed by atoms with E-state index in [9.17, 15) is 0 Å². The molecule has 0 amide bonds. The third kappa shape index (κ3) is 4.18. The molecule has 0 heterocycles. The van der Waals surface area contributed by atoms with Crippen LogP contribution in [-0.2, 0) is 6.54 Å². The van der Waals surface area contributed by atoms with Crippen LogP contribution in [0.4, 0.5) is 0 Å². The predicted octanol–water partition coefficient (Wildman–Crippen LogP) is 4.15. The van der Waals surface area contributed by atoms with Gasteiger partial charge in [0.1, 0.15) is 0 Å². The normalized spacial score (nSPS) is 18.2. The highest BCUT2D eigenvalue weighted by Gasteiger charge is 2.12. The highest BCUT2D eigenvalue weighted by atomic mass is 32.2. The zero-order valence-electron chi connectivity index (χ0n) is 9.82. The van der Waals surface area contributed by atoms with E-state index in [1.807, 2.05) is 11.9 Å². The quantitative estimate of drug-likeness (QED) is 0.621. The van der Waals surface area contributed by atoms with Gasteiger partial charge in [0.05, 0.1) is 0 Å². The Hall–Kier alpha value is -0.470. The smallest absolute Gasteiger partial charge is 0.0310 e. The molecule has 1 nitrogen and oxygen atoms in total. The van der Waals surface area contributed by atoms with Crippen LogP contribution >= 0.6 is 11.9 Å². The lowest BCUT2D eigenvalue weighted by Gasteiger charge is -2.13. The van der Waals surface area contributed by atoms with Crippen molar-refractivity contribution in [2.24, 2.45) is 0 Å². The standard InChI is InChI=1S/C14H21NS/c1-2-7-11-14(10-6-1)16-15-12-13-8-4-3-5-9-13/h3-5,8-9,14-15H,1-2,6-7,10-12H2. The molecule has 1 aliphatic carbocycles. The molecular weight excluding hydrogens is 214 g/mol. The molecule has 1 fully saturated rings. The maximum atomic E-state index is 3.52. The van der Waals surface area contributed by atoms with Crippen molar-refractivity contribution < 1.29 is 0 Å². The van der Waals surface area contributed by atoms with E-state index < -0.39 is 0 Å². The van der Waals surface area contributed by atoms with Gasteiger partial charge in [-0.05, 0) is 18.4 Å². The van der Waals surface area contributed by atoms with Crippen molar-refractivity contribution in [2.45, 2.75) is 50.3 Å². The molecule has 0 aromatic heterocycles. The average molecular weight is 235 g/mol. The maximum Gasteiger partial charge on any atom is 0.0310 e. The number of rotatable bonds is 4. The molecule has 1 aromatic carbocycles. The van der Waals surface area contributed by atoms with E-state index >= 15 is 0 Å². The Morgan fingerprint density at radius 1 is 1.00 bits per heavy atom. The zero-order valence-corrected chi connectivity index (χ0v) is 10.6. The first kappa shape index (κ1) is 12.0. The summed E-state index contributed by atoms with van der Waals surface area (Å²) in [7, 11) is 0. The van der Waals surface area contributed by atoms with Gasteiger partial charge in [-0.25, -0.2) is 0 Å². The molecule has 0 saturated heterocycles. The molecule has 1 saturated carbocycles. The van der Waals surface area contributed by atoms with Gasteiger partial charge in [-0.2, -0.15) is 0 Å². The van der Waals surface area contributed by atoms with E-state index in [0.29, 0.717) is 0 Å². The van der Waals surface area contributed by atoms with Crippen LogP contribution in [0.2, 0.25) is 0 Å². The van der Waals surface area contributed by atoms with Crippen molar-refractivity contribution in [3.8, 4) is 0 Å². The summed E-state index contributed by atoms with van der Waals surface area (Å²) in [4.78, 5) is 0. The Morgan fingerprint density at radius 2 is 1.69 bits per heavy atom. The van der Waals surface area contributed by atoms with Crippen molar-refractivity contribution in [3.05, 3.63) is 35.9 Å². The second-order valence-electron chi connectivity index (χ2n) is 4.54. The molecule has 1 N–H and O–H groups in total. The second-order valence-corrected chi connectivity index (χ2v) is 5.73. The fourth-order valence-electron chi connectivity index (χ4n) is 2.20. The van der Waals surface area contributed by atoms with E-state index in [1.54, 1.807) is 0 Å². The second kappa shape index (κ2) is 6.97. The average Bonchev–Trinajstić information content (AvgIpc) is 2.59. The molecule has 0 unspecified atom stereocenters. The molecule has 0 bridgehead atoms.